The van der Waals surface area contributed by atoms with Crippen molar-refractivity contribution in [3.63, 3.8) is 0 Å². The van der Waals surface area contributed by atoms with E-state index in [4.69, 9.17) is 17.0 Å². The zero-order chi connectivity index (χ0) is 18.1. The number of nitrogens with one attached hydrogen (secondary N) is 1. The third kappa shape index (κ3) is 3.06. The minimum Gasteiger partial charge on any atom is -0.497 e. The van der Waals surface area contributed by atoms with Gasteiger partial charge in [-0.2, -0.15) is 0 Å². The lowest BCUT2D eigenvalue weighted by Crippen LogP contribution is -2.29. The number of hydrogen-bond acceptors (Lipinski definition) is 4. The molecule has 0 aliphatic carbocycles. The highest BCUT2D eigenvalue weighted by atomic mass is 32.1. The number of pyridine rings is 1. The molecule has 0 bridgehead atoms. The second kappa shape index (κ2) is 7.05. The van der Waals surface area contributed by atoms with E-state index in [1.807, 2.05) is 42.6 Å². The quantitative estimate of drug-likeness (QED) is 0.667. The van der Waals surface area contributed by atoms with E-state index in [9.17, 15) is 0 Å². The summed E-state index contributed by atoms with van der Waals surface area (Å²) in [6.45, 7) is 2.13. The number of ether oxygens (including phenoxy) is 1. The lowest BCUT2D eigenvalue weighted by Gasteiger charge is -2.27. The Morgan fingerprint density at radius 1 is 1.15 bits per heavy atom. The van der Waals surface area contributed by atoms with Gasteiger partial charge in [0.2, 0.25) is 0 Å². The SMILES string of the molecule is COc1cccc(N2C(=S)N[C@@H](c3ccccn3)[C@H]2c2ccc(C)s2)c1. The van der Waals surface area contributed by atoms with Crippen molar-refractivity contribution in [3.05, 3.63) is 76.2 Å². The van der Waals surface area contributed by atoms with E-state index >= 15 is 0 Å². The van der Waals surface area contributed by atoms with Crippen LogP contribution < -0.4 is 15.0 Å². The number of thiophene rings is 1. The molecule has 1 fully saturated rings. The van der Waals surface area contributed by atoms with Crippen LogP contribution in [-0.4, -0.2) is 17.2 Å². The van der Waals surface area contributed by atoms with Gasteiger partial charge < -0.3 is 15.0 Å². The first-order valence-electron chi connectivity index (χ1n) is 8.38. The molecule has 1 aliphatic rings. The molecule has 0 spiro atoms. The van der Waals surface area contributed by atoms with Crippen molar-refractivity contribution in [1.29, 1.82) is 0 Å². The van der Waals surface area contributed by atoms with Crippen LogP contribution in [0.4, 0.5) is 5.69 Å². The summed E-state index contributed by atoms with van der Waals surface area (Å²) in [4.78, 5) is 9.28. The molecule has 132 valence electrons. The Morgan fingerprint density at radius 2 is 2.04 bits per heavy atom. The molecule has 2 aromatic heterocycles. The predicted octanol–water partition coefficient (Wildman–Crippen LogP) is 4.64. The lowest BCUT2D eigenvalue weighted by molar-refractivity contribution is 0.415. The van der Waals surface area contributed by atoms with Gasteiger partial charge in [-0.25, -0.2) is 0 Å². The highest BCUT2D eigenvalue weighted by Crippen LogP contribution is 2.44. The van der Waals surface area contributed by atoms with E-state index in [1.54, 1.807) is 18.4 Å². The Labute approximate surface area is 162 Å². The molecule has 3 heterocycles. The Morgan fingerprint density at radius 3 is 2.73 bits per heavy atom. The summed E-state index contributed by atoms with van der Waals surface area (Å²) >= 11 is 7.51. The topological polar surface area (TPSA) is 37.4 Å². The number of thiocarbonyl (C=S) groups is 1. The van der Waals surface area contributed by atoms with Crippen LogP contribution in [0.2, 0.25) is 0 Å². The fourth-order valence-electron chi connectivity index (χ4n) is 3.29. The number of anilines is 1. The molecule has 4 rings (SSSR count). The number of hydrogen-bond donors (Lipinski definition) is 1. The highest BCUT2D eigenvalue weighted by Gasteiger charge is 2.41. The van der Waals surface area contributed by atoms with E-state index in [0.717, 1.165) is 17.1 Å². The van der Waals surface area contributed by atoms with Crippen molar-refractivity contribution in [2.24, 2.45) is 0 Å². The van der Waals surface area contributed by atoms with Crippen LogP contribution in [0, 0.1) is 6.92 Å². The molecule has 1 saturated heterocycles. The van der Waals surface area contributed by atoms with Crippen molar-refractivity contribution in [2.45, 2.75) is 19.0 Å². The second-order valence-electron chi connectivity index (χ2n) is 6.15. The van der Waals surface area contributed by atoms with E-state index in [1.165, 1.54) is 9.75 Å². The molecule has 3 aromatic rings. The first-order valence-corrected chi connectivity index (χ1v) is 9.61. The summed E-state index contributed by atoms with van der Waals surface area (Å²) in [7, 11) is 1.68. The predicted molar refractivity (Wildman–Crippen MR) is 110 cm³/mol. The van der Waals surface area contributed by atoms with Crippen LogP contribution in [0.1, 0.15) is 27.5 Å². The molecule has 26 heavy (non-hydrogen) atoms. The molecule has 2 atom stereocenters. The maximum atomic E-state index is 5.71. The van der Waals surface area contributed by atoms with Crippen LogP contribution in [0.5, 0.6) is 5.75 Å². The van der Waals surface area contributed by atoms with Gasteiger partial charge in [0.25, 0.3) is 0 Å². The van der Waals surface area contributed by atoms with Gasteiger partial charge in [-0.15, -0.1) is 11.3 Å². The molecular formula is C20H19N3OS2. The summed E-state index contributed by atoms with van der Waals surface area (Å²) in [6.07, 6.45) is 1.82. The van der Waals surface area contributed by atoms with Gasteiger partial charge in [-0.05, 0) is 55.5 Å². The molecule has 1 aliphatic heterocycles. The summed E-state index contributed by atoms with van der Waals surface area (Å²) in [5.74, 6) is 0.813. The molecule has 0 unspecified atom stereocenters. The number of aryl methyl sites for hydroxylation is 1. The number of benzene rings is 1. The zero-order valence-electron chi connectivity index (χ0n) is 14.5. The standard InChI is InChI=1S/C20H19N3OS2/c1-13-9-10-17(26-13)19-18(16-8-3-4-11-21-16)22-20(25)23(19)14-6-5-7-15(12-14)24-2/h3-12,18-19H,1-2H3,(H,22,25)/t18-,19+/m0/s1. The van der Waals surface area contributed by atoms with E-state index in [2.05, 4.69) is 40.3 Å². The first kappa shape index (κ1) is 17.0. The molecule has 1 aromatic carbocycles. The second-order valence-corrected chi connectivity index (χ2v) is 7.85. The number of aromatic nitrogens is 1. The van der Waals surface area contributed by atoms with Crippen molar-refractivity contribution in [2.75, 3.05) is 12.0 Å². The fourth-order valence-corrected chi connectivity index (χ4v) is 4.65. The summed E-state index contributed by atoms with van der Waals surface area (Å²) < 4.78 is 5.41. The van der Waals surface area contributed by atoms with E-state index in [-0.39, 0.29) is 12.1 Å². The van der Waals surface area contributed by atoms with Crippen molar-refractivity contribution in [1.82, 2.24) is 10.3 Å². The Kier molecular flexibility index (Phi) is 4.61. The smallest absolute Gasteiger partial charge is 0.174 e. The zero-order valence-corrected chi connectivity index (χ0v) is 16.2. The number of nitrogens with zero attached hydrogens (tertiary/aromatic N) is 2. The van der Waals surface area contributed by atoms with Crippen LogP contribution in [-0.2, 0) is 0 Å². The summed E-state index contributed by atoms with van der Waals surface area (Å²) in [5.41, 5.74) is 1.99. The van der Waals surface area contributed by atoms with Gasteiger partial charge in [0.15, 0.2) is 5.11 Å². The van der Waals surface area contributed by atoms with E-state index in [0.29, 0.717) is 5.11 Å². The van der Waals surface area contributed by atoms with Crippen LogP contribution in [0.15, 0.2) is 60.8 Å². The Bertz CT molecular complexity index is 926. The molecule has 4 nitrogen and oxygen atoms in total. The average Bonchev–Trinajstić information content (AvgIpc) is 3.25. The highest BCUT2D eigenvalue weighted by molar-refractivity contribution is 7.80. The first-order chi connectivity index (χ1) is 12.7. The van der Waals surface area contributed by atoms with Crippen LogP contribution in [0.3, 0.4) is 0 Å². The van der Waals surface area contributed by atoms with Crippen molar-refractivity contribution in [3.8, 4) is 5.75 Å². The monoisotopic (exact) mass is 381 g/mol. The third-order valence-corrected chi connectivity index (χ3v) is 5.87. The minimum atomic E-state index is -0.00653. The molecule has 0 radical (unpaired) electrons. The molecule has 1 N–H and O–H groups in total. The average molecular weight is 382 g/mol. The fraction of sp³-hybridized carbons (Fsp3) is 0.200. The molecule has 0 saturated carbocycles. The van der Waals surface area contributed by atoms with Gasteiger partial charge in [0, 0.05) is 27.7 Å². The van der Waals surface area contributed by atoms with Crippen molar-refractivity contribution < 1.29 is 4.74 Å². The molecular weight excluding hydrogens is 362 g/mol. The molecule has 0 amide bonds. The number of methoxy groups -OCH3 is 1. The van der Waals surface area contributed by atoms with Crippen LogP contribution >= 0.6 is 23.6 Å². The van der Waals surface area contributed by atoms with Crippen molar-refractivity contribution >= 4 is 34.4 Å². The maximum absolute atomic E-state index is 5.71. The van der Waals surface area contributed by atoms with Gasteiger partial charge >= 0.3 is 0 Å². The Hall–Kier alpha value is -2.44. The van der Waals surface area contributed by atoms with Crippen LogP contribution in [0.25, 0.3) is 0 Å². The summed E-state index contributed by atoms with van der Waals surface area (Å²) in [5, 5.41) is 4.17. The largest absolute Gasteiger partial charge is 0.497 e. The normalized spacial score (nSPS) is 19.5. The van der Waals surface area contributed by atoms with Gasteiger partial charge in [-0.1, -0.05) is 12.1 Å². The summed E-state index contributed by atoms with van der Waals surface area (Å²) in [6, 6.07) is 18.4. The van der Waals surface area contributed by atoms with Gasteiger partial charge in [0.05, 0.1) is 24.9 Å². The minimum absolute atomic E-state index is 0.00653. The third-order valence-electron chi connectivity index (χ3n) is 4.48. The van der Waals surface area contributed by atoms with Gasteiger partial charge in [0.1, 0.15) is 5.75 Å². The van der Waals surface area contributed by atoms with Gasteiger partial charge in [-0.3, -0.25) is 4.98 Å². The Balaban J connectivity index is 1.82. The molecule has 6 heteroatoms. The van der Waals surface area contributed by atoms with E-state index < -0.39 is 0 Å². The lowest BCUT2D eigenvalue weighted by atomic mass is 10.0. The number of rotatable bonds is 4. The maximum Gasteiger partial charge on any atom is 0.174 e.